The normalized spacial score (nSPS) is 19.2. The van der Waals surface area contributed by atoms with Gasteiger partial charge in [0.15, 0.2) is 0 Å². The number of nitrogens with zero attached hydrogens (tertiary/aromatic N) is 2. The molecule has 1 aromatic rings. The van der Waals surface area contributed by atoms with E-state index in [1.165, 1.54) is 0 Å². The second-order valence-corrected chi connectivity index (χ2v) is 4.09. The summed E-state index contributed by atoms with van der Waals surface area (Å²) in [5.41, 5.74) is 0. The summed E-state index contributed by atoms with van der Waals surface area (Å²) in [6.07, 6.45) is -1.57. The van der Waals surface area contributed by atoms with Crippen molar-refractivity contribution in [2.45, 2.75) is 25.2 Å². The van der Waals surface area contributed by atoms with Gasteiger partial charge in [-0.3, -0.25) is 0 Å². The number of aromatic nitrogens is 1. The standard InChI is InChI=1S/C11H14F3N3/c12-11(13,14)17-7-4-9(5-8-17)16-10-3-1-2-6-15-10/h1-3,6,9H,4-5,7-8H2,(H,15,16). The van der Waals surface area contributed by atoms with E-state index in [0.717, 1.165) is 5.82 Å². The zero-order valence-corrected chi connectivity index (χ0v) is 9.24. The van der Waals surface area contributed by atoms with E-state index >= 15 is 0 Å². The molecule has 0 aliphatic carbocycles. The van der Waals surface area contributed by atoms with Crippen molar-refractivity contribution in [3.05, 3.63) is 24.4 Å². The molecule has 6 heteroatoms. The molecule has 3 nitrogen and oxygen atoms in total. The fourth-order valence-corrected chi connectivity index (χ4v) is 1.93. The highest BCUT2D eigenvalue weighted by Crippen LogP contribution is 2.26. The Morgan fingerprint density at radius 3 is 2.47 bits per heavy atom. The molecule has 1 fully saturated rings. The molecule has 94 valence electrons. The van der Waals surface area contributed by atoms with Crippen LogP contribution >= 0.6 is 0 Å². The van der Waals surface area contributed by atoms with E-state index in [0.29, 0.717) is 17.7 Å². The summed E-state index contributed by atoms with van der Waals surface area (Å²) in [6, 6.07) is 5.54. The van der Waals surface area contributed by atoms with Gasteiger partial charge in [0.2, 0.25) is 0 Å². The third-order valence-corrected chi connectivity index (χ3v) is 2.87. The van der Waals surface area contributed by atoms with Gasteiger partial charge in [-0.05, 0) is 25.0 Å². The van der Waals surface area contributed by atoms with Gasteiger partial charge >= 0.3 is 6.30 Å². The molecule has 0 aromatic carbocycles. The Labute approximate surface area is 97.6 Å². The number of hydrogen-bond donors (Lipinski definition) is 1. The lowest BCUT2D eigenvalue weighted by atomic mass is 10.1. The van der Waals surface area contributed by atoms with Crippen molar-refractivity contribution in [3.63, 3.8) is 0 Å². The van der Waals surface area contributed by atoms with Gasteiger partial charge in [-0.25, -0.2) is 9.88 Å². The molecule has 1 aliphatic heterocycles. The third kappa shape index (κ3) is 3.33. The van der Waals surface area contributed by atoms with Gasteiger partial charge in [0.1, 0.15) is 5.82 Å². The number of pyridine rings is 1. The van der Waals surface area contributed by atoms with Crippen LogP contribution in [0.1, 0.15) is 12.8 Å². The number of alkyl halides is 3. The zero-order chi connectivity index (χ0) is 12.3. The summed E-state index contributed by atoms with van der Waals surface area (Å²) in [6.45, 7) is 0.0992. The highest BCUT2D eigenvalue weighted by atomic mass is 19.4. The number of nitrogens with one attached hydrogen (secondary N) is 1. The first-order valence-corrected chi connectivity index (χ1v) is 5.55. The van der Waals surface area contributed by atoms with Crippen LogP contribution in [-0.2, 0) is 0 Å². The molecule has 0 spiro atoms. The van der Waals surface area contributed by atoms with Gasteiger partial charge < -0.3 is 5.32 Å². The fraction of sp³-hybridized carbons (Fsp3) is 0.545. The number of anilines is 1. The van der Waals surface area contributed by atoms with Crippen LogP contribution in [0.25, 0.3) is 0 Å². The van der Waals surface area contributed by atoms with Crippen molar-refractivity contribution in [2.24, 2.45) is 0 Å². The van der Waals surface area contributed by atoms with E-state index in [4.69, 9.17) is 0 Å². The predicted octanol–water partition coefficient (Wildman–Crippen LogP) is 2.48. The Hall–Kier alpha value is -1.30. The molecule has 1 aliphatic rings. The van der Waals surface area contributed by atoms with Crippen molar-refractivity contribution in [1.82, 2.24) is 9.88 Å². The van der Waals surface area contributed by atoms with Crippen LogP contribution in [0.5, 0.6) is 0 Å². The van der Waals surface area contributed by atoms with E-state index in [9.17, 15) is 13.2 Å². The van der Waals surface area contributed by atoms with Crippen molar-refractivity contribution in [2.75, 3.05) is 18.4 Å². The van der Waals surface area contributed by atoms with Gasteiger partial charge in [-0.2, -0.15) is 13.2 Å². The minimum atomic E-state index is -4.20. The maximum Gasteiger partial charge on any atom is 0.459 e. The average Bonchev–Trinajstić information content (AvgIpc) is 2.30. The largest absolute Gasteiger partial charge is 0.459 e. The lowest BCUT2D eigenvalue weighted by molar-refractivity contribution is -0.249. The molecule has 0 atom stereocenters. The Balaban J connectivity index is 1.84. The summed E-state index contributed by atoms with van der Waals surface area (Å²) in [7, 11) is 0. The second-order valence-electron chi connectivity index (χ2n) is 4.09. The average molecular weight is 245 g/mol. The number of likely N-dealkylation sites (tertiary alicyclic amines) is 1. The number of halogens is 3. The van der Waals surface area contributed by atoms with E-state index in [2.05, 4.69) is 10.3 Å². The quantitative estimate of drug-likeness (QED) is 0.811. The van der Waals surface area contributed by atoms with Crippen molar-refractivity contribution >= 4 is 5.82 Å². The topological polar surface area (TPSA) is 28.2 Å². The minimum absolute atomic E-state index is 0.0496. The Morgan fingerprint density at radius 1 is 1.24 bits per heavy atom. The molecule has 0 amide bonds. The van der Waals surface area contributed by atoms with Gasteiger partial charge in [0, 0.05) is 25.3 Å². The summed E-state index contributed by atoms with van der Waals surface area (Å²) < 4.78 is 37.2. The van der Waals surface area contributed by atoms with Crippen LogP contribution in [-0.4, -0.2) is 35.3 Å². The summed E-state index contributed by atoms with van der Waals surface area (Å²) in [5.74, 6) is 0.720. The highest BCUT2D eigenvalue weighted by molar-refractivity contribution is 5.34. The minimum Gasteiger partial charge on any atom is -0.367 e. The molecule has 0 saturated carbocycles. The van der Waals surface area contributed by atoms with Gasteiger partial charge in [-0.1, -0.05) is 6.07 Å². The molecule has 1 saturated heterocycles. The third-order valence-electron chi connectivity index (χ3n) is 2.87. The molecule has 2 rings (SSSR count). The molecule has 2 heterocycles. The number of rotatable bonds is 2. The van der Waals surface area contributed by atoms with Gasteiger partial charge in [0.05, 0.1) is 0 Å². The molecule has 1 N–H and O–H groups in total. The molecule has 1 aromatic heterocycles. The molecule has 0 unspecified atom stereocenters. The van der Waals surface area contributed by atoms with Crippen molar-refractivity contribution < 1.29 is 13.2 Å². The Bertz CT molecular complexity index is 345. The smallest absolute Gasteiger partial charge is 0.367 e. The van der Waals surface area contributed by atoms with Crippen molar-refractivity contribution in [3.8, 4) is 0 Å². The Morgan fingerprint density at radius 2 is 1.94 bits per heavy atom. The zero-order valence-electron chi connectivity index (χ0n) is 9.24. The second kappa shape index (κ2) is 4.91. The first-order chi connectivity index (χ1) is 8.05. The van der Waals surface area contributed by atoms with E-state index < -0.39 is 6.30 Å². The van der Waals surface area contributed by atoms with E-state index in [-0.39, 0.29) is 19.1 Å². The summed E-state index contributed by atoms with van der Waals surface area (Å²) in [5, 5.41) is 3.15. The maximum absolute atomic E-state index is 12.4. The summed E-state index contributed by atoms with van der Waals surface area (Å²) in [4.78, 5) is 4.65. The van der Waals surface area contributed by atoms with Gasteiger partial charge in [0.25, 0.3) is 0 Å². The van der Waals surface area contributed by atoms with Gasteiger partial charge in [-0.15, -0.1) is 0 Å². The lowest BCUT2D eigenvalue weighted by Crippen LogP contribution is -2.46. The van der Waals surface area contributed by atoms with E-state index in [1.807, 2.05) is 12.1 Å². The molecule has 0 bridgehead atoms. The van der Waals surface area contributed by atoms with Crippen LogP contribution in [0, 0.1) is 0 Å². The van der Waals surface area contributed by atoms with Crippen LogP contribution in [0.2, 0.25) is 0 Å². The van der Waals surface area contributed by atoms with Crippen LogP contribution in [0.15, 0.2) is 24.4 Å². The molecule has 0 radical (unpaired) electrons. The lowest BCUT2D eigenvalue weighted by Gasteiger charge is -2.33. The van der Waals surface area contributed by atoms with Crippen LogP contribution in [0.3, 0.4) is 0 Å². The first kappa shape index (κ1) is 12.2. The monoisotopic (exact) mass is 245 g/mol. The van der Waals surface area contributed by atoms with Crippen molar-refractivity contribution in [1.29, 1.82) is 0 Å². The molecular formula is C11H14F3N3. The van der Waals surface area contributed by atoms with Crippen LogP contribution in [0.4, 0.5) is 19.0 Å². The number of piperidine rings is 1. The van der Waals surface area contributed by atoms with Crippen LogP contribution < -0.4 is 5.32 Å². The fourth-order valence-electron chi connectivity index (χ4n) is 1.93. The SMILES string of the molecule is FC(F)(F)N1CCC(Nc2ccccn2)CC1. The van der Waals surface area contributed by atoms with E-state index in [1.54, 1.807) is 12.3 Å². The first-order valence-electron chi connectivity index (χ1n) is 5.55. The maximum atomic E-state index is 12.4. The molecular weight excluding hydrogens is 231 g/mol. The predicted molar refractivity (Wildman–Crippen MR) is 58.5 cm³/mol. The molecule has 17 heavy (non-hydrogen) atoms. The summed E-state index contributed by atoms with van der Waals surface area (Å²) >= 11 is 0. The Kier molecular flexibility index (Phi) is 3.51. The highest BCUT2D eigenvalue weighted by Gasteiger charge is 2.39. The number of hydrogen-bond acceptors (Lipinski definition) is 3.